The highest BCUT2D eigenvalue weighted by Gasteiger charge is 2.17. The van der Waals surface area contributed by atoms with Crippen molar-refractivity contribution in [2.24, 2.45) is 0 Å². The van der Waals surface area contributed by atoms with Gasteiger partial charge in [0.15, 0.2) is 0 Å². The molecule has 0 aliphatic rings. The summed E-state index contributed by atoms with van der Waals surface area (Å²) in [5, 5.41) is 10.1. The van der Waals surface area contributed by atoms with Crippen LogP contribution in [0.4, 0.5) is 22.7 Å². The molecule has 0 spiro atoms. The Balaban J connectivity index is 1.36. The van der Waals surface area contributed by atoms with Crippen LogP contribution in [0.15, 0.2) is 127 Å². The van der Waals surface area contributed by atoms with E-state index in [0.29, 0.717) is 0 Å². The Morgan fingerprint density at radius 3 is 1.21 bits per heavy atom. The maximum Gasteiger partial charge on any atom is 0.0567 e. The van der Waals surface area contributed by atoms with E-state index in [9.17, 15) is 0 Å². The van der Waals surface area contributed by atoms with Crippen LogP contribution in [0.2, 0.25) is 0 Å². The number of aryl methyl sites for hydroxylation is 1. The first kappa shape index (κ1) is 23.3. The molecule has 0 fully saturated rings. The summed E-state index contributed by atoms with van der Waals surface area (Å²) >= 11 is 0. The molecule has 0 aliphatic heterocycles. The van der Waals surface area contributed by atoms with E-state index in [1.54, 1.807) is 0 Å². The van der Waals surface area contributed by atoms with Crippen molar-refractivity contribution in [1.29, 1.82) is 0 Å². The van der Waals surface area contributed by atoms with Gasteiger partial charge in [0.05, 0.1) is 11.4 Å². The summed E-state index contributed by atoms with van der Waals surface area (Å²) in [5.41, 5.74) is 6.10. The highest BCUT2D eigenvalue weighted by Crippen LogP contribution is 2.42. The number of nitrogens with zero attached hydrogens (tertiary/aromatic N) is 2. The number of hydrogen-bond donors (Lipinski definition) is 0. The van der Waals surface area contributed by atoms with Crippen LogP contribution in [0.1, 0.15) is 5.56 Å². The Morgan fingerprint density at radius 2 is 0.795 bits per heavy atom. The molecule has 0 N–H and O–H groups in total. The molecular formula is C37H30N2. The van der Waals surface area contributed by atoms with Crippen LogP contribution in [-0.4, -0.2) is 14.1 Å². The molecule has 0 aliphatic carbocycles. The van der Waals surface area contributed by atoms with Crippen molar-refractivity contribution in [3.05, 3.63) is 133 Å². The number of anilines is 4. The first-order valence-corrected chi connectivity index (χ1v) is 13.5. The average molecular weight is 503 g/mol. The first-order valence-electron chi connectivity index (χ1n) is 13.5. The van der Waals surface area contributed by atoms with E-state index in [1.165, 1.54) is 71.4 Å². The zero-order chi connectivity index (χ0) is 26.5. The smallest absolute Gasteiger partial charge is 0.0567 e. The van der Waals surface area contributed by atoms with Gasteiger partial charge in [-0.15, -0.1) is 0 Å². The van der Waals surface area contributed by atoms with Crippen LogP contribution >= 0.6 is 0 Å². The topological polar surface area (TPSA) is 6.48 Å². The number of fused-ring (bicyclic) bond motifs is 4. The molecule has 0 aromatic heterocycles. The SMILES string of the molecule is Cc1cc(N(C)c2c3ccccc3cc3ccccc23)ccc1N(C)c1c2ccccc2cc2ccccc12. The first-order chi connectivity index (χ1) is 19.1. The van der Waals surface area contributed by atoms with Crippen molar-refractivity contribution in [1.82, 2.24) is 0 Å². The minimum absolute atomic E-state index is 1.17. The molecule has 7 rings (SSSR count). The van der Waals surface area contributed by atoms with E-state index < -0.39 is 0 Å². The third-order valence-electron chi connectivity index (χ3n) is 8.09. The van der Waals surface area contributed by atoms with Crippen molar-refractivity contribution in [3.63, 3.8) is 0 Å². The molecule has 0 amide bonds. The third-order valence-corrected chi connectivity index (χ3v) is 8.09. The second-order valence-electron chi connectivity index (χ2n) is 10.4. The third kappa shape index (κ3) is 3.80. The molecule has 7 aromatic carbocycles. The van der Waals surface area contributed by atoms with Crippen LogP contribution in [-0.2, 0) is 0 Å². The molecule has 188 valence electrons. The molecule has 7 aromatic rings. The van der Waals surface area contributed by atoms with Crippen molar-refractivity contribution < 1.29 is 0 Å². The predicted molar refractivity (Wildman–Crippen MR) is 170 cm³/mol. The van der Waals surface area contributed by atoms with Crippen molar-refractivity contribution in [2.45, 2.75) is 6.92 Å². The van der Waals surface area contributed by atoms with Gasteiger partial charge in [0.1, 0.15) is 0 Å². The van der Waals surface area contributed by atoms with Gasteiger partial charge in [-0.3, -0.25) is 0 Å². The number of benzene rings is 7. The van der Waals surface area contributed by atoms with E-state index >= 15 is 0 Å². The Hall–Kier alpha value is -4.82. The largest absolute Gasteiger partial charge is 0.344 e. The van der Waals surface area contributed by atoms with Crippen molar-refractivity contribution >= 4 is 65.8 Å². The van der Waals surface area contributed by atoms with E-state index in [4.69, 9.17) is 0 Å². The van der Waals surface area contributed by atoms with Gasteiger partial charge in [-0.05, 0) is 64.4 Å². The van der Waals surface area contributed by atoms with Gasteiger partial charge in [-0.25, -0.2) is 0 Å². The minimum Gasteiger partial charge on any atom is -0.344 e. The molecule has 0 radical (unpaired) electrons. The summed E-state index contributed by atoms with van der Waals surface area (Å²) in [5.74, 6) is 0. The molecule has 2 nitrogen and oxygen atoms in total. The van der Waals surface area contributed by atoms with Crippen molar-refractivity contribution in [2.75, 3.05) is 23.9 Å². The maximum atomic E-state index is 2.36. The van der Waals surface area contributed by atoms with Gasteiger partial charge in [0.25, 0.3) is 0 Å². The molecule has 0 atom stereocenters. The molecule has 0 saturated heterocycles. The standard InChI is InChI=1S/C37H30N2/c1-25-22-30(38(2)36-31-16-8-4-12-26(31)23-27-13-5-9-17-32(27)36)20-21-35(25)39(3)37-33-18-10-6-14-28(33)24-29-15-7-11-19-34(29)37/h4-24H,1-3H3. The number of rotatable bonds is 4. The Bertz CT molecular complexity index is 1910. The van der Waals surface area contributed by atoms with E-state index in [1.807, 2.05) is 0 Å². The number of hydrogen-bond acceptors (Lipinski definition) is 2. The van der Waals surface area contributed by atoms with Crippen LogP contribution in [0.5, 0.6) is 0 Å². The Morgan fingerprint density at radius 1 is 0.410 bits per heavy atom. The van der Waals surface area contributed by atoms with Gasteiger partial charge < -0.3 is 9.80 Å². The van der Waals surface area contributed by atoms with Gasteiger partial charge in [0, 0.05) is 47.0 Å². The van der Waals surface area contributed by atoms with E-state index in [-0.39, 0.29) is 0 Å². The monoisotopic (exact) mass is 502 g/mol. The molecule has 0 heterocycles. The van der Waals surface area contributed by atoms with E-state index in [0.717, 1.165) is 0 Å². The van der Waals surface area contributed by atoms with Crippen LogP contribution < -0.4 is 9.80 Å². The molecule has 0 unspecified atom stereocenters. The van der Waals surface area contributed by atoms with Crippen LogP contribution in [0.3, 0.4) is 0 Å². The fraction of sp³-hybridized carbons (Fsp3) is 0.0811. The van der Waals surface area contributed by atoms with Gasteiger partial charge >= 0.3 is 0 Å². The fourth-order valence-corrected chi connectivity index (χ4v) is 6.18. The molecule has 39 heavy (non-hydrogen) atoms. The summed E-state index contributed by atoms with van der Waals surface area (Å²) in [6.07, 6.45) is 0. The average Bonchev–Trinajstić information content (AvgIpc) is 2.98. The Kier molecular flexibility index (Phi) is 5.49. The lowest BCUT2D eigenvalue weighted by Crippen LogP contribution is -2.14. The van der Waals surface area contributed by atoms with Gasteiger partial charge in [-0.1, -0.05) is 97.1 Å². The molecule has 0 saturated carbocycles. The summed E-state index contributed by atoms with van der Waals surface area (Å²) in [7, 11) is 4.38. The minimum atomic E-state index is 1.17. The van der Waals surface area contributed by atoms with Gasteiger partial charge in [0.2, 0.25) is 0 Å². The maximum absolute atomic E-state index is 2.36. The lowest BCUT2D eigenvalue weighted by atomic mass is 9.99. The lowest BCUT2D eigenvalue weighted by Gasteiger charge is -2.28. The molecule has 2 heteroatoms. The normalized spacial score (nSPS) is 11.5. The zero-order valence-electron chi connectivity index (χ0n) is 22.5. The highest BCUT2D eigenvalue weighted by atomic mass is 15.1. The summed E-state index contributed by atoms with van der Waals surface area (Å²) < 4.78 is 0. The second kappa shape index (κ2) is 9.18. The summed E-state index contributed by atoms with van der Waals surface area (Å²) in [6, 6.07) is 46.2. The zero-order valence-corrected chi connectivity index (χ0v) is 22.5. The highest BCUT2D eigenvalue weighted by molar-refractivity contribution is 6.14. The van der Waals surface area contributed by atoms with Crippen molar-refractivity contribution in [3.8, 4) is 0 Å². The van der Waals surface area contributed by atoms with Gasteiger partial charge in [-0.2, -0.15) is 0 Å². The Labute approximate surface area is 229 Å². The fourth-order valence-electron chi connectivity index (χ4n) is 6.18. The predicted octanol–water partition coefficient (Wildman–Crippen LogP) is 10.1. The molecule has 0 bridgehead atoms. The van der Waals surface area contributed by atoms with E-state index in [2.05, 4.69) is 158 Å². The second-order valence-corrected chi connectivity index (χ2v) is 10.4. The lowest BCUT2D eigenvalue weighted by molar-refractivity contribution is 1.18. The van der Waals surface area contributed by atoms with Crippen LogP contribution in [0.25, 0.3) is 43.1 Å². The summed E-state index contributed by atoms with van der Waals surface area (Å²) in [6.45, 7) is 2.22. The quantitative estimate of drug-likeness (QED) is 0.221. The molecular weight excluding hydrogens is 472 g/mol. The van der Waals surface area contributed by atoms with Crippen LogP contribution in [0, 0.1) is 6.92 Å². The summed E-state index contributed by atoms with van der Waals surface area (Å²) in [4.78, 5) is 4.70.